The first-order chi connectivity index (χ1) is 14.0. The fraction of sp³-hybridized carbons (Fsp3) is 0.348. The van der Waals surface area contributed by atoms with Crippen LogP contribution in [0.25, 0.3) is 0 Å². The molecule has 0 saturated carbocycles. The zero-order chi connectivity index (χ0) is 20.6. The third-order valence-electron chi connectivity index (χ3n) is 5.11. The van der Waals surface area contributed by atoms with E-state index in [2.05, 4.69) is 10.6 Å². The second-order valence-corrected chi connectivity index (χ2v) is 7.44. The van der Waals surface area contributed by atoms with Crippen molar-refractivity contribution in [2.24, 2.45) is 0 Å². The van der Waals surface area contributed by atoms with Gasteiger partial charge < -0.3 is 15.5 Å². The van der Waals surface area contributed by atoms with Gasteiger partial charge in [-0.15, -0.1) is 0 Å². The van der Waals surface area contributed by atoms with Gasteiger partial charge in [0.2, 0.25) is 5.91 Å². The molecule has 2 N–H and O–H groups in total. The molecular formula is C23H27N3O3. The van der Waals surface area contributed by atoms with Crippen LogP contribution in [0.2, 0.25) is 0 Å². The summed E-state index contributed by atoms with van der Waals surface area (Å²) in [5.41, 5.74) is 1.23. The second kappa shape index (κ2) is 9.87. The Morgan fingerprint density at radius 2 is 1.41 bits per heavy atom. The van der Waals surface area contributed by atoms with Crippen LogP contribution in [0.3, 0.4) is 0 Å². The van der Waals surface area contributed by atoms with Gasteiger partial charge in [0, 0.05) is 42.7 Å². The molecule has 1 unspecified atom stereocenters. The van der Waals surface area contributed by atoms with E-state index in [0.717, 1.165) is 12.8 Å². The van der Waals surface area contributed by atoms with Gasteiger partial charge in [0.05, 0.1) is 0 Å². The van der Waals surface area contributed by atoms with Crippen LogP contribution in [0.4, 0.5) is 0 Å². The van der Waals surface area contributed by atoms with Crippen molar-refractivity contribution in [2.45, 2.75) is 38.3 Å². The van der Waals surface area contributed by atoms with E-state index in [0.29, 0.717) is 24.2 Å². The first-order valence-corrected chi connectivity index (χ1v) is 10.0. The standard InChI is InChI=1S/C23H27N3O3/c1-17(24-22(28)18-8-4-2-5-9-18)16-21(27)26-14-12-20(13-15-26)25-23(29)19-10-6-3-7-11-19/h2-11,17,20H,12-16H2,1H3,(H,24,28)(H,25,29). The van der Waals surface area contributed by atoms with Gasteiger partial charge in [-0.25, -0.2) is 0 Å². The monoisotopic (exact) mass is 393 g/mol. The Balaban J connectivity index is 1.41. The summed E-state index contributed by atoms with van der Waals surface area (Å²) in [5, 5.41) is 5.92. The zero-order valence-electron chi connectivity index (χ0n) is 16.6. The fourth-order valence-corrected chi connectivity index (χ4v) is 3.47. The molecular weight excluding hydrogens is 366 g/mol. The minimum atomic E-state index is -0.245. The Kier molecular flexibility index (Phi) is 7.00. The number of likely N-dealkylation sites (tertiary alicyclic amines) is 1. The van der Waals surface area contributed by atoms with Gasteiger partial charge in [-0.1, -0.05) is 36.4 Å². The number of amides is 3. The number of hydrogen-bond acceptors (Lipinski definition) is 3. The molecule has 3 rings (SSSR count). The van der Waals surface area contributed by atoms with Gasteiger partial charge in [-0.05, 0) is 44.0 Å². The van der Waals surface area contributed by atoms with Crippen molar-refractivity contribution in [1.29, 1.82) is 0 Å². The van der Waals surface area contributed by atoms with Crippen LogP contribution in [0.15, 0.2) is 60.7 Å². The second-order valence-electron chi connectivity index (χ2n) is 7.44. The summed E-state index contributed by atoms with van der Waals surface area (Å²) in [7, 11) is 0. The fourth-order valence-electron chi connectivity index (χ4n) is 3.47. The zero-order valence-corrected chi connectivity index (χ0v) is 16.6. The SMILES string of the molecule is CC(CC(=O)N1CCC(NC(=O)c2ccccc2)CC1)NC(=O)c1ccccc1. The lowest BCUT2D eigenvalue weighted by Crippen LogP contribution is -2.47. The van der Waals surface area contributed by atoms with E-state index in [-0.39, 0.29) is 36.2 Å². The number of benzene rings is 2. The van der Waals surface area contributed by atoms with E-state index in [4.69, 9.17) is 0 Å². The van der Waals surface area contributed by atoms with Gasteiger partial charge in [-0.2, -0.15) is 0 Å². The van der Waals surface area contributed by atoms with E-state index < -0.39 is 0 Å². The molecule has 29 heavy (non-hydrogen) atoms. The highest BCUT2D eigenvalue weighted by molar-refractivity contribution is 5.95. The van der Waals surface area contributed by atoms with Crippen LogP contribution in [0, 0.1) is 0 Å². The highest BCUT2D eigenvalue weighted by Crippen LogP contribution is 2.13. The van der Waals surface area contributed by atoms with Crippen molar-refractivity contribution >= 4 is 17.7 Å². The van der Waals surface area contributed by atoms with Gasteiger partial charge in [0.25, 0.3) is 11.8 Å². The van der Waals surface area contributed by atoms with Gasteiger partial charge in [-0.3, -0.25) is 14.4 Å². The van der Waals surface area contributed by atoms with Crippen molar-refractivity contribution in [3.8, 4) is 0 Å². The molecule has 2 aromatic carbocycles. The average Bonchev–Trinajstić information content (AvgIpc) is 2.75. The molecule has 1 fully saturated rings. The van der Waals surface area contributed by atoms with Crippen molar-refractivity contribution in [3.63, 3.8) is 0 Å². The molecule has 0 radical (unpaired) electrons. The molecule has 3 amide bonds. The van der Waals surface area contributed by atoms with E-state index in [1.807, 2.05) is 48.2 Å². The summed E-state index contributed by atoms with van der Waals surface area (Å²) in [6.07, 6.45) is 1.73. The number of hydrogen-bond donors (Lipinski definition) is 2. The van der Waals surface area contributed by atoms with Gasteiger partial charge >= 0.3 is 0 Å². The summed E-state index contributed by atoms with van der Waals surface area (Å²) < 4.78 is 0. The van der Waals surface area contributed by atoms with Crippen LogP contribution in [-0.4, -0.2) is 47.8 Å². The molecule has 6 nitrogen and oxygen atoms in total. The van der Waals surface area contributed by atoms with Crippen LogP contribution in [-0.2, 0) is 4.79 Å². The van der Waals surface area contributed by atoms with E-state index in [9.17, 15) is 14.4 Å². The number of nitrogens with zero attached hydrogens (tertiary/aromatic N) is 1. The molecule has 2 aromatic rings. The molecule has 1 saturated heterocycles. The summed E-state index contributed by atoms with van der Waals surface area (Å²) in [5.74, 6) is -0.223. The molecule has 0 aromatic heterocycles. The van der Waals surface area contributed by atoms with Crippen molar-refractivity contribution in [3.05, 3.63) is 71.8 Å². The first kappa shape index (κ1) is 20.6. The molecule has 0 bridgehead atoms. The largest absolute Gasteiger partial charge is 0.349 e. The third kappa shape index (κ3) is 5.91. The number of piperidine rings is 1. The van der Waals surface area contributed by atoms with Crippen LogP contribution in [0.1, 0.15) is 46.9 Å². The first-order valence-electron chi connectivity index (χ1n) is 10.0. The predicted molar refractivity (Wildman–Crippen MR) is 111 cm³/mol. The summed E-state index contributed by atoms with van der Waals surface area (Å²) in [6.45, 7) is 3.06. The minimum absolute atomic E-state index is 0.0266. The lowest BCUT2D eigenvalue weighted by atomic mass is 10.0. The average molecular weight is 393 g/mol. The lowest BCUT2D eigenvalue weighted by Gasteiger charge is -2.33. The van der Waals surface area contributed by atoms with Gasteiger partial charge in [0.1, 0.15) is 0 Å². The Morgan fingerprint density at radius 3 is 1.97 bits per heavy atom. The number of carbonyl (C=O) groups excluding carboxylic acids is 3. The van der Waals surface area contributed by atoms with Crippen molar-refractivity contribution in [2.75, 3.05) is 13.1 Å². The van der Waals surface area contributed by atoms with Crippen molar-refractivity contribution in [1.82, 2.24) is 15.5 Å². The minimum Gasteiger partial charge on any atom is -0.349 e. The predicted octanol–water partition coefficient (Wildman–Crippen LogP) is 2.62. The van der Waals surface area contributed by atoms with Crippen molar-refractivity contribution < 1.29 is 14.4 Å². The summed E-state index contributed by atoms with van der Waals surface area (Å²) >= 11 is 0. The van der Waals surface area contributed by atoms with Crippen LogP contribution in [0.5, 0.6) is 0 Å². The Morgan fingerprint density at radius 1 is 0.897 bits per heavy atom. The highest BCUT2D eigenvalue weighted by Gasteiger charge is 2.25. The maximum Gasteiger partial charge on any atom is 0.251 e. The topological polar surface area (TPSA) is 78.5 Å². The number of nitrogens with one attached hydrogen (secondary N) is 2. The smallest absolute Gasteiger partial charge is 0.251 e. The Labute approximate surface area is 171 Å². The molecule has 6 heteroatoms. The number of carbonyl (C=O) groups is 3. The van der Waals surface area contributed by atoms with E-state index in [1.54, 1.807) is 24.3 Å². The normalized spacial score (nSPS) is 15.4. The third-order valence-corrected chi connectivity index (χ3v) is 5.11. The van der Waals surface area contributed by atoms with Crippen LogP contribution >= 0.6 is 0 Å². The van der Waals surface area contributed by atoms with Gasteiger partial charge in [0.15, 0.2) is 0 Å². The quantitative estimate of drug-likeness (QED) is 0.792. The summed E-state index contributed by atoms with van der Waals surface area (Å²) in [4.78, 5) is 38.8. The Hall–Kier alpha value is -3.15. The molecule has 1 aliphatic heterocycles. The van der Waals surface area contributed by atoms with E-state index in [1.165, 1.54) is 0 Å². The molecule has 1 aliphatic rings. The maximum atomic E-state index is 12.6. The maximum absolute atomic E-state index is 12.6. The molecule has 152 valence electrons. The number of rotatable bonds is 6. The molecule has 1 heterocycles. The molecule has 0 aliphatic carbocycles. The Bertz CT molecular complexity index is 831. The molecule has 1 atom stereocenters. The van der Waals surface area contributed by atoms with Crippen LogP contribution < -0.4 is 10.6 Å². The summed E-state index contributed by atoms with van der Waals surface area (Å²) in [6, 6.07) is 17.9. The lowest BCUT2D eigenvalue weighted by molar-refractivity contribution is -0.132. The molecule has 0 spiro atoms. The highest BCUT2D eigenvalue weighted by atomic mass is 16.2. The van der Waals surface area contributed by atoms with E-state index >= 15 is 0 Å².